The van der Waals surface area contributed by atoms with Crippen molar-refractivity contribution < 1.29 is 129 Å². The molecule has 0 aliphatic heterocycles. The first-order valence-corrected chi connectivity index (χ1v) is 45.1. The van der Waals surface area contributed by atoms with Gasteiger partial charge in [0.15, 0.2) is 0 Å². The average Bonchev–Trinajstić information content (AvgIpc) is 1.45. The molecule has 0 saturated carbocycles. The summed E-state index contributed by atoms with van der Waals surface area (Å²) in [7, 11) is -21.9. The molecular formula is C75H69N15O27P6. The van der Waals surface area contributed by atoms with Gasteiger partial charge in [0, 0.05) is 118 Å². The van der Waals surface area contributed by atoms with Gasteiger partial charge in [-0.2, -0.15) is 0 Å². The number of nitrogens with one attached hydrogen (secondary N) is 9. The summed E-state index contributed by atoms with van der Waals surface area (Å²) in [5, 5.41) is 18.3. The number of fused-ring (bicyclic) bond motifs is 3. The van der Waals surface area contributed by atoms with E-state index in [4.69, 9.17) is 0 Å². The third-order valence-corrected chi connectivity index (χ3v) is 25.3. The van der Waals surface area contributed by atoms with Crippen LogP contribution in [-0.2, 0) is 69.7 Å². The molecule has 0 atom stereocenters. The molecule has 13 aromatic rings. The third kappa shape index (κ3) is 18.8. The number of aromatic nitrogens is 6. The Bertz CT molecular complexity index is 7060. The molecule has 0 bridgehead atoms. The van der Waals surface area contributed by atoms with E-state index in [9.17, 15) is 129 Å². The summed E-state index contributed by atoms with van der Waals surface area (Å²) >= 11 is 0. The number of carbonyl (C=O) groups is 9. The van der Waals surface area contributed by atoms with Gasteiger partial charge in [0.2, 0.25) is 0 Å². The lowest BCUT2D eigenvalue weighted by atomic mass is 10.0. The lowest BCUT2D eigenvalue weighted by Crippen LogP contribution is -2.22. The molecular weight excluding hydrogens is 1730 g/mol. The number of benzene rings is 7. The molecule has 0 aliphatic rings. The summed E-state index contributed by atoms with van der Waals surface area (Å²) in [6.07, 6.45) is 7.99. The first-order valence-electron chi connectivity index (χ1n) is 35.4. The van der Waals surface area contributed by atoms with Gasteiger partial charge in [-0.1, -0.05) is 36.4 Å². The minimum atomic E-state index is -5.13. The molecule has 636 valence electrons. The van der Waals surface area contributed by atoms with Gasteiger partial charge in [-0.25, -0.2) is 0 Å². The van der Waals surface area contributed by atoms with E-state index in [-0.39, 0.29) is 129 Å². The Morgan fingerprint density at radius 1 is 0.220 bits per heavy atom. The first-order chi connectivity index (χ1) is 57.4. The molecule has 0 aliphatic carbocycles. The van der Waals surface area contributed by atoms with E-state index in [1.165, 1.54) is 186 Å². The SMILES string of the molecule is Cn1cc(NC(=O)c2ccc(C(=O)Nc3cc(C(=O)Nc4cc(C(=O)Nc5cc(P(=O)(O)O)c6cccc(P(=O)(O)O)c6c5)n(C)c4)n(C)c3)c(C(=O)Nc3cc(C(=O)Nc4cc(C(=O)Nc5cc(P(=O)(O)O)c6cccc(P(=O)(O)O)c6c5)n(C)c4)n(C)c3)c2)cc1C(=O)Nc1cc(C(=O)Nc2cc(P(=O)(O)O)c3cccc(P(=O)(O)O)c3c2)n(C)c1. The highest BCUT2D eigenvalue weighted by Crippen LogP contribution is 2.46. The molecule has 48 heteroatoms. The largest absolute Gasteiger partial charge is 0.356 e. The minimum Gasteiger partial charge on any atom is -0.344 e. The van der Waals surface area contributed by atoms with E-state index < -0.39 is 136 Å². The van der Waals surface area contributed by atoms with Crippen molar-refractivity contribution in [3.05, 3.63) is 234 Å². The van der Waals surface area contributed by atoms with Crippen molar-refractivity contribution in [3.8, 4) is 0 Å². The van der Waals surface area contributed by atoms with Crippen molar-refractivity contribution in [1.82, 2.24) is 27.4 Å². The fourth-order valence-corrected chi connectivity index (χ4v) is 18.5. The zero-order valence-electron chi connectivity index (χ0n) is 64.2. The molecule has 6 aromatic heterocycles. The second-order valence-electron chi connectivity index (χ2n) is 28.1. The Hall–Kier alpha value is -12.9. The van der Waals surface area contributed by atoms with Gasteiger partial charge < -0.3 is 134 Å². The predicted octanol–water partition coefficient (Wildman–Crippen LogP) is 5.27. The van der Waals surface area contributed by atoms with Gasteiger partial charge in [-0.3, -0.25) is 70.5 Å². The van der Waals surface area contributed by atoms with Crippen molar-refractivity contribution in [2.75, 3.05) is 47.9 Å². The number of anilines is 9. The van der Waals surface area contributed by atoms with Crippen molar-refractivity contribution in [1.29, 1.82) is 0 Å². The molecule has 0 spiro atoms. The fraction of sp³-hybridized carbons (Fsp3) is 0.0800. The summed E-state index contributed by atoms with van der Waals surface area (Å²) in [5.41, 5.74) is -2.52. The van der Waals surface area contributed by atoms with Crippen LogP contribution in [0.4, 0.5) is 51.2 Å². The molecule has 0 saturated heterocycles. The molecule has 7 aromatic carbocycles. The van der Waals surface area contributed by atoms with Crippen LogP contribution in [0.25, 0.3) is 32.3 Å². The van der Waals surface area contributed by atoms with Crippen LogP contribution < -0.4 is 79.7 Å². The topological polar surface area (TPSA) is 637 Å². The third-order valence-electron chi connectivity index (χ3n) is 19.3. The van der Waals surface area contributed by atoms with Crippen molar-refractivity contribution in [2.45, 2.75) is 0 Å². The lowest BCUT2D eigenvalue weighted by molar-refractivity contribution is 0.0988. The first kappa shape index (κ1) is 87.9. The Morgan fingerprint density at radius 3 is 0.667 bits per heavy atom. The summed E-state index contributed by atoms with van der Waals surface area (Å²) in [5.74, 6) is -8.02. The standard InChI is InChI=1S/C75H69N15O27P6/c1-85-31-41(22-58(85)73(97)82-44-25-55(88(4)34-44)70(94)76-38-19-51-47(64(28-38)121(109,110)111)10-7-13-61(51)118(100,101)102)79-67(91)37-16-17-50(68(92)80-42-23-59(86(2)32-42)74(98)83-45-26-56(89(5)35-45)71(95)77-39-20-52-48(65(29-39)122(112,113)114)11-8-14-62(52)119(103,104)105)54(18-37)69(93)81-43-24-60(87(3)33-43)75(99)84-46-27-57(90(6)36-46)72(96)78-40-21-53-49(66(30-40)123(115,116)117)12-9-15-63(53)120(106,107)108/h7-36H,1-6H3,(H,76,94)(H,77,95)(H,78,96)(H,79,91)(H,80,92)(H,81,93)(H,82,97)(H,83,98)(H,84,99)(H2,100,101,102)(H2,103,104,105)(H2,106,107,108)(H2,109,110,111)(H2,112,113,114)(H2,115,116,117). The zero-order chi connectivity index (χ0) is 89.6. The van der Waals surface area contributed by atoms with Crippen LogP contribution in [0.1, 0.15) is 94.0 Å². The number of hydrogen-bond acceptors (Lipinski definition) is 15. The predicted molar refractivity (Wildman–Crippen MR) is 452 cm³/mol. The second-order valence-corrected chi connectivity index (χ2v) is 37.5. The maximum absolute atomic E-state index is 14.8. The number of hydrogen-bond donors (Lipinski definition) is 21. The fourth-order valence-electron chi connectivity index (χ4n) is 13.7. The Kier molecular flexibility index (Phi) is 23.5. The van der Waals surface area contributed by atoms with E-state index in [1.54, 1.807) is 0 Å². The molecule has 123 heavy (non-hydrogen) atoms. The van der Waals surface area contributed by atoms with E-state index in [1.807, 2.05) is 0 Å². The Morgan fingerprint density at radius 2 is 0.431 bits per heavy atom. The van der Waals surface area contributed by atoms with Gasteiger partial charge in [0.1, 0.15) is 34.2 Å². The Balaban J connectivity index is 0.731. The highest BCUT2D eigenvalue weighted by Gasteiger charge is 2.34. The van der Waals surface area contributed by atoms with Crippen LogP contribution in [0.5, 0.6) is 0 Å². The maximum atomic E-state index is 14.8. The van der Waals surface area contributed by atoms with Crippen molar-refractivity contribution in [3.63, 3.8) is 0 Å². The second kappa shape index (κ2) is 32.8. The molecule has 13 rings (SSSR count). The van der Waals surface area contributed by atoms with Crippen LogP contribution in [0.3, 0.4) is 0 Å². The van der Waals surface area contributed by atoms with Crippen LogP contribution in [0, 0.1) is 0 Å². The van der Waals surface area contributed by atoms with Crippen LogP contribution in [-0.4, -0.2) is 139 Å². The van der Waals surface area contributed by atoms with Crippen molar-refractivity contribution >= 4 is 214 Å². The quantitative estimate of drug-likeness (QED) is 0.0343. The summed E-state index contributed by atoms with van der Waals surface area (Å²) in [6.45, 7) is 0. The number of rotatable bonds is 24. The zero-order valence-corrected chi connectivity index (χ0v) is 69.5. The smallest absolute Gasteiger partial charge is 0.344 e. The molecule has 0 radical (unpaired) electrons. The number of nitrogens with zero attached hydrogens (tertiary/aromatic N) is 6. The molecule has 0 unspecified atom stereocenters. The maximum Gasteiger partial charge on any atom is 0.356 e. The molecule has 9 amide bonds. The van der Waals surface area contributed by atoms with Gasteiger partial charge in [-0.15, -0.1) is 0 Å². The van der Waals surface area contributed by atoms with Gasteiger partial charge in [0.25, 0.3) is 53.2 Å². The number of carbonyl (C=O) groups excluding carboxylic acids is 9. The number of aryl methyl sites for hydroxylation is 6. The monoisotopic (exact) mass is 1800 g/mol. The molecule has 6 heterocycles. The normalized spacial score (nSPS) is 12.1. The highest BCUT2D eigenvalue weighted by atomic mass is 31.2. The van der Waals surface area contributed by atoms with Gasteiger partial charge in [0.05, 0.1) is 77.1 Å². The van der Waals surface area contributed by atoms with E-state index in [2.05, 4.69) is 47.9 Å². The van der Waals surface area contributed by atoms with Crippen LogP contribution >= 0.6 is 45.6 Å². The van der Waals surface area contributed by atoms with Crippen LogP contribution in [0.2, 0.25) is 0 Å². The summed E-state index contributed by atoms with van der Waals surface area (Å²) in [4.78, 5) is 249. The molecule has 21 N–H and O–H groups in total. The van der Waals surface area contributed by atoms with E-state index >= 15 is 0 Å². The average molecular weight is 1800 g/mol. The highest BCUT2D eigenvalue weighted by molar-refractivity contribution is 7.63. The van der Waals surface area contributed by atoms with Gasteiger partial charge >= 0.3 is 45.6 Å². The lowest BCUT2D eigenvalue weighted by Gasteiger charge is -2.15. The molecule has 42 nitrogen and oxygen atoms in total. The van der Waals surface area contributed by atoms with E-state index in [0.29, 0.717) is 0 Å². The molecule has 0 fully saturated rings. The van der Waals surface area contributed by atoms with Gasteiger partial charge in [-0.05, 0) is 125 Å². The number of amides is 9. The van der Waals surface area contributed by atoms with Crippen LogP contribution in [0.15, 0.2) is 183 Å². The summed E-state index contributed by atoms with van der Waals surface area (Å²) in [6, 6.07) is 27.6. The minimum absolute atomic E-state index is 0.00975. The Labute approximate surface area is 691 Å². The van der Waals surface area contributed by atoms with Crippen molar-refractivity contribution in [2.24, 2.45) is 42.3 Å². The van der Waals surface area contributed by atoms with E-state index in [0.717, 1.165) is 66.7 Å². The summed E-state index contributed by atoms with van der Waals surface area (Å²) < 4.78 is 83.0.